The zero-order chi connectivity index (χ0) is 18.3. The third kappa shape index (κ3) is 3.08. The number of aromatic nitrogens is 3. The lowest BCUT2D eigenvalue weighted by Gasteiger charge is -2.16. The molecule has 3 aromatic rings. The van der Waals surface area contributed by atoms with E-state index < -0.39 is 11.7 Å². The molecule has 1 fully saturated rings. The van der Waals surface area contributed by atoms with E-state index in [0.717, 1.165) is 19.5 Å². The SMILES string of the molecule is Cc1nc2c(F)cc(NC(=O)c3cnc(N4CC[C@@H](N)C4)cn3)cc2o1. The van der Waals surface area contributed by atoms with Crippen molar-refractivity contribution in [2.24, 2.45) is 5.73 Å². The van der Waals surface area contributed by atoms with Crippen molar-refractivity contribution >= 4 is 28.5 Å². The van der Waals surface area contributed by atoms with Gasteiger partial charge in [0.1, 0.15) is 17.0 Å². The molecule has 1 aliphatic rings. The van der Waals surface area contributed by atoms with Gasteiger partial charge in [0.05, 0.1) is 12.4 Å². The van der Waals surface area contributed by atoms with Crippen molar-refractivity contribution in [3.63, 3.8) is 0 Å². The number of aryl methyl sites for hydroxylation is 1. The monoisotopic (exact) mass is 356 g/mol. The molecule has 1 atom stereocenters. The first-order chi connectivity index (χ1) is 12.5. The second-order valence-electron chi connectivity index (χ2n) is 6.25. The van der Waals surface area contributed by atoms with Crippen LogP contribution < -0.4 is 16.0 Å². The number of fused-ring (bicyclic) bond motifs is 1. The van der Waals surface area contributed by atoms with E-state index in [4.69, 9.17) is 10.2 Å². The van der Waals surface area contributed by atoms with Gasteiger partial charge in [-0.05, 0) is 12.5 Å². The van der Waals surface area contributed by atoms with Crippen LogP contribution in [0.4, 0.5) is 15.9 Å². The Bertz CT molecular complexity index is 971. The maximum Gasteiger partial charge on any atom is 0.275 e. The molecule has 0 spiro atoms. The smallest absolute Gasteiger partial charge is 0.275 e. The van der Waals surface area contributed by atoms with Gasteiger partial charge in [-0.2, -0.15) is 0 Å². The zero-order valence-corrected chi connectivity index (χ0v) is 14.1. The number of nitrogens with two attached hydrogens (primary N) is 1. The Morgan fingerprint density at radius 2 is 2.23 bits per heavy atom. The van der Waals surface area contributed by atoms with Crippen LogP contribution in [0.15, 0.2) is 28.9 Å². The Balaban J connectivity index is 1.51. The quantitative estimate of drug-likeness (QED) is 0.737. The molecule has 4 rings (SSSR count). The lowest BCUT2D eigenvalue weighted by molar-refractivity contribution is 0.102. The van der Waals surface area contributed by atoms with Crippen molar-refractivity contribution in [2.75, 3.05) is 23.3 Å². The Morgan fingerprint density at radius 1 is 1.38 bits per heavy atom. The predicted octanol–water partition coefficient (Wildman–Crippen LogP) is 1.86. The van der Waals surface area contributed by atoms with Crippen LogP contribution in [0.3, 0.4) is 0 Å². The van der Waals surface area contributed by atoms with Crippen molar-refractivity contribution in [3.05, 3.63) is 41.9 Å². The Labute approximate surface area is 148 Å². The number of halogens is 1. The summed E-state index contributed by atoms with van der Waals surface area (Å²) in [5.41, 5.74) is 6.67. The van der Waals surface area contributed by atoms with Crippen LogP contribution in [0.1, 0.15) is 22.8 Å². The molecule has 134 valence electrons. The largest absolute Gasteiger partial charge is 0.441 e. The number of nitrogens with zero attached hydrogens (tertiary/aromatic N) is 4. The molecular weight excluding hydrogens is 339 g/mol. The van der Waals surface area contributed by atoms with Crippen molar-refractivity contribution in [3.8, 4) is 0 Å². The van der Waals surface area contributed by atoms with Crippen LogP contribution in [-0.4, -0.2) is 40.0 Å². The van der Waals surface area contributed by atoms with Gasteiger partial charge < -0.3 is 20.4 Å². The summed E-state index contributed by atoms with van der Waals surface area (Å²) in [7, 11) is 0. The molecule has 2 aromatic heterocycles. The average Bonchev–Trinajstić information content (AvgIpc) is 3.20. The van der Waals surface area contributed by atoms with E-state index in [2.05, 4.69) is 20.3 Å². The number of amides is 1. The summed E-state index contributed by atoms with van der Waals surface area (Å²) in [4.78, 5) is 26.7. The first kappa shape index (κ1) is 16.4. The standard InChI is InChI=1S/C17H17FN6O2/c1-9-22-16-12(18)4-11(5-14(16)26-9)23-17(25)13-6-21-15(7-20-13)24-3-2-10(19)8-24/h4-7,10H,2-3,8,19H2,1H3,(H,23,25)/t10-/m1/s1. The first-order valence-corrected chi connectivity index (χ1v) is 8.20. The van der Waals surface area contributed by atoms with E-state index in [9.17, 15) is 9.18 Å². The summed E-state index contributed by atoms with van der Waals surface area (Å²) >= 11 is 0. The van der Waals surface area contributed by atoms with Crippen LogP contribution >= 0.6 is 0 Å². The van der Waals surface area contributed by atoms with E-state index >= 15 is 0 Å². The van der Waals surface area contributed by atoms with Gasteiger partial charge in [-0.1, -0.05) is 0 Å². The Morgan fingerprint density at radius 3 is 2.92 bits per heavy atom. The molecule has 8 nitrogen and oxygen atoms in total. The van der Waals surface area contributed by atoms with Gasteiger partial charge >= 0.3 is 0 Å². The van der Waals surface area contributed by atoms with Crippen LogP contribution in [-0.2, 0) is 0 Å². The van der Waals surface area contributed by atoms with Gasteiger partial charge in [0.15, 0.2) is 17.3 Å². The van der Waals surface area contributed by atoms with E-state index in [1.54, 1.807) is 6.92 Å². The number of carbonyl (C=O) groups is 1. The van der Waals surface area contributed by atoms with E-state index in [1.807, 2.05) is 4.90 Å². The van der Waals surface area contributed by atoms with E-state index in [1.165, 1.54) is 24.5 Å². The summed E-state index contributed by atoms with van der Waals surface area (Å²) in [6.45, 7) is 3.16. The van der Waals surface area contributed by atoms with Gasteiger partial charge in [0, 0.05) is 37.8 Å². The van der Waals surface area contributed by atoms with Gasteiger partial charge in [0.2, 0.25) is 0 Å². The lowest BCUT2D eigenvalue weighted by Crippen LogP contribution is -2.27. The third-order valence-corrected chi connectivity index (χ3v) is 4.23. The summed E-state index contributed by atoms with van der Waals surface area (Å²) in [5, 5.41) is 2.59. The van der Waals surface area contributed by atoms with Gasteiger partial charge in [0.25, 0.3) is 5.91 Å². The maximum atomic E-state index is 14.1. The minimum Gasteiger partial charge on any atom is -0.441 e. The molecular formula is C17H17FN6O2. The highest BCUT2D eigenvalue weighted by molar-refractivity contribution is 6.03. The molecule has 0 bridgehead atoms. The van der Waals surface area contributed by atoms with Crippen LogP contribution in [0, 0.1) is 12.7 Å². The second kappa shape index (κ2) is 6.34. The summed E-state index contributed by atoms with van der Waals surface area (Å²) in [6, 6.07) is 2.84. The molecule has 9 heteroatoms. The number of benzene rings is 1. The number of rotatable bonds is 3. The first-order valence-electron chi connectivity index (χ1n) is 8.20. The van der Waals surface area contributed by atoms with Crippen molar-refractivity contribution in [1.82, 2.24) is 15.0 Å². The van der Waals surface area contributed by atoms with Crippen molar-refractivity contribution in [1.29, 1.82) is 0 Å². The van der Waals surface area contributed by atoms with E-state index in [0.29, 0.717) is 11.7 Å². The van der Waals surface area contributed by atoms with Gasteiger partial charge in [-0.25, -0.2) is 19.3 Å². The summed E-state index contributed by atoms with van der Waals surface area (Å²) in [5.74, 6) is -0.0248. The molecule has 1 amide bonds. The highest BCUT2D eigenvalue weighted by Crippen LogP contribution is 2.24. The fourth-order valence-corrected chi connectivity index (χ4v) is 2.96. The molecule has 0 unspecified atom stereocenters. The molecule has 3 heterocycles. The number of hydrogen-bond donors (Lipinski definition) is 2. The van der Waals surface area contributed by atoms with Gasteiger partial charge in [-0.15, -0.1) is 0 Å². The number of hydrogen-bond acceptors (Lipinski definition) is 7. The van der Waals surface area contributed by atoms with Crippen LogP contribution in [0.2, 0.25) is 0 Å². The zero-order valence-electron chi connectivity index (χ0n) is 14.1. The van der Waals surface area contributed by atoms with Gasteiger partial charge in [-0.3, -0.25) is 4.79 Å². The minimum atomic E-state index is -0.568. The minimum absolute atomic E-state index is 0.129. The molecule has 3 N–H and O–H groups in total. The number of oxazole rings is 1. The lowest BCUT2D eigenvalue weighted by atomic mass is 10.2. The molecule has 0 radical (unpaired) electrons. The topological polar surface area (TPSA) is 110 Å². The molecule has 0 saturated carbocycles. The maximum absolute atomic E-state index is 14.1. The fraction of sp³-hybridized carbons (Fsp3) is 0.294. The summed E-state index contributed by atoms with van der Waals surface area (Å²) in [6.07, 6.45) is 3.83. The molecule has 1 saturated heterocycles. The van der Waals surface area contributed by atoms with Crippen LogP contribution in [0.25, 0.3) is 11.1 Å². The van der Waals surface area contributed by atoms with Crippen LogP contribution in [0.5, 0.6) is 0 Å². The highest BCUT2D eigenvalue weighted by atomic mass is 19.1. The van der Waals surface area contributed by atoms with E-state index in [-0.39, 0.29) is 28.5 Å². The fourth-order valence-electron chi connectivity index (χ4n) is 2.96. The number of carbonyl (C=O) groups excluding carboxylic acids is 1. The molecule has 26 heavy (non-hydrogen) atoms. The second-order valence-corrected chi connectivity index (χ2v) is 6.25. The molecule has 1 aliphatic heterocycles. The number of nitrogens with one attached hydrogen (secondary N) is 1. The van der Waals surface area contributed by atoms with Crippen molar-refractivity contribution in [2.45, 2.75) is 19.4 Å². The summed E-state index contributed by atoms with van der Waals surface area (Å²) < 4.78 is 19.4. The third-order valence-electron chi connectivity index (χ3n) is 4.23. The average molecular weight is 356 g/mol. The normalized spacial score (nSPS) is 17.0. The predicted molar refractivity (Wildman–Crippen MR) is 93.5 cm³/mol. The molecule has 0 aliphatic carbocycles. The Hall–Kier alpha value is -3.07. The number of anilines is 2. The highest BCUT2D eigenvalue weighted by Gasteiger charge is 2.21. The van der Waals surface area contributed by atoms with Crippen molar-refractivity contribution < 1.29 is 13.6 Å². The Kier molecular flexibility index (Phi) is 4.00. The molecule has 1 aromatic carbocycles.